The largest absolute Gasteiger partial charge is 0.345 e. The summed E-state index contributed by atoms with van der Waals surface area (Å²) in [7, 11) is -1.92. The second kappa shape index (κ2) is 7.77. The molecule has 1 aromatic carbocycles. The van der Waals surface area contributed by atoms with Gasteiger partial charge >= 0.3 is 0 Å². The van der Waals surface area contributed by atoms with Crippen LogP contribution >= 0.6 is 11.6 Å². The van der Waals surface area contributed by atoms with Crippen LogP contribution in [-0.4, -0.2) is 39.4 Å². The predicted octanol–water partition coefficient (Wildman–Crippen LogP) is 2.12. The molecular weight excluding hydrogens is 312 g/mol. The van der Waals surface area contributed by atoms with Crippen molar-refractivity contribution in [1.82, 2.24) is 9.62 Å². The van der Waals surface area contributed by atoms with Gasteiger partial charge in [0.2, 0.25) is 15.9 Å². The molecule has 0 aromatic heterocycles. The van der Waals surface area contributed by atoms with E-state index in [1.807, 2.05) is 13.8 Å². The molecule has 0 aliphatic carbocycles. The number of hydrogen-bond acceptors (Lipinski definition) is 3. The van der Waals surface area contributed by atoms with Crippen molar-refractivity contribution < 1.29 is 13.2 Å². The number of nitrogens with zero attached hydrogens (tertiary/aromatic N) is 1. The molecule has 1 amide bonds. The summed E-state index contributed by atoms with van der Waals surface area (Å²) in [5.41, 5.74) is 0. The fourth-order valence-electron chi connectivity index (χ4n) is 1.85. The maximum atomic E-state index is 12.0. The minimum Gasteiger partial charge on any atom is -0.345 e. The van der Waals surface area contributed by atoms with Crippen molar-refractivity contribution in [1.29, 1.82) is 0 Å². The number of carbonyl (C=O) groups is 1. The highest BCUT2D eigenvalue weighted by Crippen LogP contribution is 2.15. The lowest BCUT2D eigenvalue weighted by molar-refractivity contribution is -0.130. The molecule has 1 rings (SSSR count). The number of carbonyl (C=O) groups excluding carboxylic acids is 1. The van der Waals surface area contributed by atoms with Gasteiger partial charge in [-0.15, -0.1) is 0 Å². The number of hydrogen-bond donors (Lipinski definition) is 1. The van der Waals surface area contributed by atoms with Gasteiger partial charge in [-0.3, -0.25) is 4.79 Å². The zero-order chi connectivity index (χ0) is 16.0. The van der Waals surface area contributed by atoms with Crippen LogP contribution in [0.3, 0.4) is 0 Å². The second-order valence-corrected chi connectivity index (χ2v) is 7.48. The number of halogens is 1. The minimum absolute atomic E-state index is 0.0656. The summed E-state index contributed by atoms with van der Waals surface area (Å²) < 4.78 is 26.4. The zero-order valence-electron chi connectivity index (χ0n) is 12.5. The van der Waals surface area contributed by atoms with Gasteiger partial charge < -0.3 is 4.90 Å². The van der Waals surface area contributed by atoms with Crippen molar-refractivity contribution in [3.8, 4) is 0 Å². The summed E-state index contributed by atoms with van der Waals surface area (Å²) in [6.07, 6.45) is 0.128. The van der Waals surface area contributed by atoms with Crippen LogP contribution in [0.1, 0.15) is 20.3 Å². The lowest BCUT2D eigenvalue weighted by atomic mass is 10.2. The molecule has 0 saturated heterocycles. The minimum atomic E-state index is -3.63. The van der Waals surface area contributed by atoms with E-state index in [-0.39, 0.29) is 23.8 Å². The summed E-state index contributed by atoms with van der Waals surface area (Å²) in [5, 5.41) is 0.352. The van der Waals surface area contributed by atoms with E-state index in [9.17, 15) is 13.2 Å². The first kappa shape index (κ1) is 17.9. The fourth-order valence-corrected chi connectivity index (χ4v) is 3.18. The summed E-state index contributed by atoms with van der Waals surface area (Å²) in [6, 6.07) is 6.00. The van der Waals surface area contributed by atoms with E-state index in [1.165, 1.54) is 12.1 Å². The van der Waals surface area contributed by atoms with Crippen LogP contribution in [0, 0.1) is 5.92 Å². The van der Waals surface area contributed by atoms with E-state index in [4.69, 9.17) is 11.6 Å². The first-order valence-electron chi connectivity index (χ1n) is 6.71. The Morgan fingerprint density at radius 3 is 2.62 bits per heavy atom. The van der Waals surface area contributed by atoms with Crippen molar-refractivity contribution in [3.63, 3.8) is 0 Å². The lowest BCUT2D eigenvalue weighted by Crippen LogP contribution is -2.34. The molecule has 7 heteroatoms. The van der Waals surface area contributed by atoms with Gasteiger partial charge in [0.05, 0.1) is 4.90 Å². The predicted molar refractivity (Wildman–Crippen MR) is 83.7 cm³/mol. The topological polar surface area (TPSA) is 66.5 Å². The standard InChI is InChI=1S/C14H21ClN2O3S/c1-11(2)10-17(3)14(18)7-8-16-21(19,20)13-6-4-5-12(15)9-13/h4-6,9,11,16H,7-8,10H2,1-3H3. The van der Waals surface area contributed by atoms with Crippen LogP contribution in [0.2, 0.25) is 5.02 Å². The van der Waals surface area contributed by atoms with E-state index < -0.39 is 10.0 Å². The maximum absolute atomic E-state index is 12.0. The summed E-state index contributed by atoms with van der Waals surface area (Å²) >= 11 is 5.77. The Kier molecular flexibility index (Phi) is 6.64. The molecule has 0 atom stereocenters. The highest BCUT2D eigenvalue weighted by atomic mass is 35.5. The molecule has 0 fully saturated rings. The molecule has 21 heavy (non-hydrogen) atoms. The smallest absolute Gasteiger partial charge is 0.240 e. The third kappa shape index (κ3) is 6.03. The maximum Gasteiger partial charge on any atom is 0.240 e. The Hall–Kier alpha value is -1.11. The highest BCUT2D eigenvalue weighted by Gasteiger charge is 2.15. The second-order valence-electron chi connectivity index (χ2n) is 5.27. The Labute approximate surface area is 131 Å². The van der Waals surface area contributed by atoms with Gasteiger partial charge in [0.1, 0.15) is 0 Å². The van der Waals surface area contributed by atoms with E-state index in [2.05, 4.69) is 4.72 Å². The number of benzene rings is 1. The molecule has 5 nitrogen and oxygen atoms in total. The molecule has 0 aliphatic rings. The molecule has 0 radical (unpaired) electrons. The Morgan fingerprint density at radius 2 is 2.05 bits per heavy atom. The van der Waals surface area contributed by atoms with Crippen molar-refractivity contribution >= 4 is 27.5 Å². The fraction of sp³-hybridized carbons (Fsp3) is 0.500. The van der Waals surface area contributed by atoms with Gasteiger partial charge in [0.25, 0.3) is 0 Å². The van der Waals surface area contributed by atoms with Crippen molar-refractivity contribution in [3.05, 3.63) is 29.3 Å². The first-order chi connectivity index (χ1) is 9.72. The number of rotatable bonds is 7. The van der Waals surface area contributed by atoms with Gasteiger partial charge in [0, 0.05) is 31.6 Å². The quantitative estimate of drug-likeness (QED) is 0.831. The molecule has 118 valence electrons. The molecule has 0 saturated carbocycles. The van der Waals surface area contributed by atoms with Crippen molar-refractivity contribution in [2.75, 3.05) is 20.1 Å². The molecule has 0 spiro atoms. The highest BCUT2D eigenvalue weighted by molar-refractivity contribution is 7.89. The van der Waals surface area contributed by atoms with Gasteiger partial charge in [-0.05, 0) is 24.1 Å². The zero-order valence-corrected chi connectivity index (χ0v) is 14.0. The van der Waals surface area contributed by atoms with Gasteiger partial charge in [0.15, 0.2) is 0 Å². The van der Waals surface area contributed by atoms with E-state index in [0.29, 0.717) is 17.5 Å². The van der Waals surface area contributed by atoms with Crippen LogP contribution in [0.15, 0.2) is 29.2 Å². The molecule has 0 unspecified atom stereocenters. The van der Waals surface area contributed by atoms with Crippen LogP contribution in [0.25, 0.3) is 0 Å². The third-order valence-electron chi connectivity index (χ3n) is 2.80. The molecule has 0 bridgehead atoms. The van der Waals surface area contributed by atoms with Crippen LogP contribution < -0.4 is 4.72 Å². The van der Waals surface area contributed by atoms with Crippen molar-refractivity contribution in [2.24, 2.45) is 5.92 Å². The van der Waals surface area contributed by atoms with Crippen molar-refractivity contribution in [2.45, 2.75) is 25.2 Å². The van der Waals surface area contributed by atoms with E-state index >= 15 is 0 Å². The average Bonchev–Trinajstić information content (AvgIpc) is 2.37. The SMILES string of the molecule is CC(C)CN(C)C(=O)CCNS(=O)(=O)c1cccc(Cl)c1. The molecule has 1 N–H and O–H groups in total. The summed E-state index contributed by atoms with van der Waals surface area (Å²) in [4.78, 5) is 13.5. The van der Waals surface area contributed by atoms with Crippen LogP contribution in [-0.2, 0) is 14.8 Å². The van der Waals surface area contributed by atoms with E-state index in [0.717, 1.165) is 0 Å². The molecule has 1 aromatic rings. The molecule has 0 aliphatic heterocycles. The molecular formula is C14H21ClN2O3S. The third-order valence-corrected chi connectivity index (χ3v) is 4.50. The first-order valence-corrected chi connectivity index (χ1v) is 8.57. The number of amides is 1. The van der Waals surface area contributed by atoms with Gasteiger partial charge in [-0.25, -0.2) is 13.1 Å². The Bertz CT molecular complexity index is 588. The molecule has 0 heterocycles. The Morgan fingerprint density at radius 1 is 1.38 bits per heavy atom. The number of sulfonamides is 1. The van der Waals surface area contributed by atoms with Crippen LogP contribution in [0.4, 0.5) is 0 Å². The van der Waals surface area contributed by atoms with Gasteiger partial charge in [-0.1, -0.05) is 31.5 Å². The van der Waals surface area contributed by atoms with Gasteiger partial charge in [-0.2, -0.15) is 0 Å². The van der Waals surface area contributed by atoms with E-state index in [1.54, 1.807) is 24.1 Å². The average molecular weight is 333 g/mol. The summed E-state index contributed by atoms with van der Waals surface area (Å²) in [5.74, 6) is 0.291. The Balaban J connectivity index is 2.53. The monoisotopic (exact) mass is 332 g/mol. The van der Waals surface area contributed by atoms with Crippen LogP contribution in [0.5, 0.6) is 0 Å². The normalized spacial score (nSPS) is 11.7. The number of nitrogens with one attached hydrogen (secondary N) is 1. The lowest BCUT2D eigenvalue weighted by Gasteiger charge is -2.19. The summed E-state index contributed by atoms with van der Waals surface area (Å²) in [6.45, 7) is 4.76.